The van der Waals surface area contributed by atoms with Crippen LogP contribution in [0.4, 0.5) is 5.69 Å². The number of halogens is 1. The summed E-state index contributed by atoms with van der Waals surface area (Å²) in [6.07, 6.45) is 0. The van der Waals surface area contributed by atoms with Gasteiger partial charge in [0.1, 0.15) is 0 Å². The molecule has 0 aliphatic carbocycles. The van der Waals surface area contributed by atoms with Gasteiger partial charge in [-0.1, -0.05) is 35.9 Å². The molecular formula is C17H13ClN2O2. The summed E-state index contributed by atoms with van der Waals surface area (Å²) < 4.78 is 0. The quantitative estimate of drug-likeness (QED) is 0.692. The van der Waals surface area contributed by atoms with Crippen LogP contribution in [-0.4, -0.2) is 11.7 Å². The lowest BCUT2D eigenvalue weighted by atomic mass is 9.98. The number of rotatable bonds is 4. The second-order valence-electron chi connectivity index (χ2n) is 4.80. The molecule has 22 heavy (non-hydrogen) atoms. The molecule has 1 amide bonds. The van der Waals surface area contributed by atoms with E-state index in [4.69, 9.17) is 16.9 Å². The third kappa shape index (κ3) is 3.72. The molecule has 2 aromatic carbocycles. The first-order chi connectivity index (χ1) is 10.5. The van der Waals surface area contributed by atoms with Crippen LogP contribution in [0.1, 0.15) is 15.9 Å². The van der Waals surface area contributed by atoms with Crippen molar-refractivity contribution >= 4 is 29.0 Å². The standard InChI is InChI=1S/C17H13ClN2O2/c1-11-4-2-7-14(8-11)20-17(22)15(10-19)16(21)12-5-3-6-13(18)9-12/h2-9,15H,1H3,(H,20,22)/t15-/m0/s1. The van der Waals surface area contributed by atoms with Gasteiger partial charge in [-0.05, 0) is 36.8 Å². The monoisotopic (exact) mass is 312 g/mol. The number of carbonyl (C=O) groups is 2. The molecule has 0 aromatic heterocycles. The summed E-state index contributed by atoms with van der Waals surface area (Å²) in [5, 5.41) is 12.1. The Labute approximate surface area is 133 Å². The number of aryl methyl sites for hydroxylation is 1. The SMILES string of the molecule is Cc1cccc(NC(=O)[C@@H](C#N)C(=O)c2cccc(Cl)c2)c1. The van der Waals surface area contributed by atoms with Gasteiger partial charge in [-0.15, -0.1) is 0 Å². The van der Waals surface area contributed by atoms with Gasteiger partial charge in [0.2, 0.25) is 5.91 Å². The van der Waals surface area contributed by atoms with Crippen LogP contribution in [0.3, 0.4) is 0 Å². The van der Waals surface area contributed by atoms with Crippen molar-refractivity contribution in [3.63, 3.8) is 0 Å². The Morgan fingerprint density at radius 1 is 1.18 bits per heavy atom. The van der Waals surface area contributed by atoms with Crippen LogP contribution in [0.25, 0.3) is 0 Å². The van der Waals surface area contributed by atoms with Gasteiger partial charge < -0.3 is 5.32 Å². The number of benzene rings is 2. The Kier molecular flexibility index (Phi) is 4.92. The third-order valence-corrected chi connectivity index (χ3v) is 3.28. The Hall–Kier alpha value is -2.64. The first-order valence-corrected chi connectivity index (χ1v) is 6.96. The number of nitriles is 1. The fraction of sp³-hybridized carbons (Fsp3) is 0.118. The van der Waals surface area contributed by atoms with Gasteiger partial charge in [-0.3, -0.25) is 9.59 Å². The van der Waals surface area contributed by atoms with Crippen LogP contribution in [-0.2, 0) is 4.79 Å². The normalized spacial score (nSPS) is 11.3. The Bertz CT molecular complexity index is 765. The summed E-state index contributed by atoms with van der Waals surface area (Å²) >= 11 is 5.83. The summed E-state index contributed by atoms with van der Waals surface area (Å²) in [6, 6.07) is 15.1. The van der Waals surface area contributed by atoms with Crippen molar-refractivity contribution in [2.45, 2.75) is 6.92 Å². The average Bonchev–Trinajstić information content (AvgIpc) is 2.47. The first kappa shape index (κ1) is 15.7. The molecule has 2 rings (SSSR count). The molecule has 0 fully saturated rings. The number of carbonyl (C=O) groups excluding carboxylic acids is 2. The van der Waals surface area contributed by atoms with Crippen molar-refractivity contribution in [2.24, 2.45) is 5.92 Å². The molecule has 0 saturated heterocycles. The zero-order valence-corrected chi connectivity index (χ0v) is 12.6. The Morgan fingerprint density at radius 2 is 1.91 bits per heavy atom. The van der Waals surface area contributed by atoms with Crippen LogP contribution in [0.2, 0.25) is 5.02 Å². The van der Waals surface area contributed by atoms with Crippen molar-refractivity contribution < 1.29 is 9.59 Å². The van der Waals surface area contributed by atoms with Crippen LogP contribution >= 0.6 is 11.6 Å². The number of nitrogens with zero attached hydrogens (tertiary/aromatic N) is 1. The van der Waals surface area contributed by atoms with Gasteiger partial charge in [0.25, 0.3) is 0 Å². The number of nitrogens with one attached hydrogen (secondary N) is 1. The molecule has 2 aromatic rings. The lowest BCUT2D eigenvalue weighted by molar-refractivity contribution is -0.117. The highest BCUT2D eigenvalue weighted by Crippen LogP contribution is 2.17. The predicted octanol–water partition coefficient (Wildman–Crippen LogP) is 3.61. The van der Waals surface area contributed by atoms with E-state index in [1.807, 2.05) is 13.0 Å². The van der Waals surface area contributed by atoms with Gasteiger partial charge in [0.05, 0.1) is 6.07 Å². The van der Waals surface area contributed by atoms with Crippen molar-refractivity contribution in [3.05, 3.63) is 64.7 Å². The highest BCUT2D eigenvalue weighted by atomic mass is 35.5. The number of Topliss-reactive ketones (excluding diaryl/α,β-unsaturated/α-hetero) is 1. The zero-order valence-electron chi connectivity index (χ0n) is 11.8. The number of amides is 1. The second-order valence-corrected chi connectivity index (χ2v) is 5.23. The van der Waals surface area contributed by atoms with Crippen LogP contribution in [0, 0.1) is 24.2 Å². The van der Waals surface area contributed by atoms with Gasteiger partial charge in [-0.25, -0.2) is 0 Å². The summed E-state index contributed by atoms with van der Waals surface area (Å²) in [7, 11) is 0. The molecule has 0 aliphatic rings. The predicted molar refractivity (Wildman–Crippen MR) is 84.7 cm³/mol. The minimum atomic E-state index is -1.42. The average molecular weight is 313 g/mol. The zero-order chi connectivity index (χ0) is 16.1. The summed E-state index contributed by atoms with van der Waals surface area (Å²) in [6.45, 7) is 1.88. The van der Waals surface area contributed by atoms with Crippen LogP contribution in [0.5, 0.6) is 0 Å². The minimum absolute atomic E-state index is 0.235. The lowest BCUT2D eigenvalue weighted by Gasteiger charge is -2.10. The molecule has 4 nitrogen and oxygen atoms in total. The van der Waals surface area contributed by atoms with E-state index in [2.05, 4.69) is 5.32 Å². The molecular weight excluding hydrogens is 300 g/mol. The van der Waals surface area contributed by atoms with Gasteiger partial charge >= 0.3 is 0 Å². The summed E-state index contributed by atoms with van der Waals surface area (Å²) in [4.78, 5) is 24.5. The topological polar surface area (TPSA) is 70.0 Å². The number of ketones is 1. The van der Waals surface area contributed by atoms with E-state index >= 15 is 0 Å². The maximum absolute atomic E-state index is 12.3. The highest BCUT2D eigenvalue weighted by molar-refractivity contribution is 6.31. The van der Waals surface area contributed by atoms with E-state index < -0.39 is 17.6 Å². The molecule has 0 radical (unpaired) electrons. The minimum Gasteiger partial charge on any atom is -0.325 e. The van der Waals surface area contributed by atoms with E-state index in [0.29, 0.717) is 10.7 Å². The molecule has 110 valence electrons. The van der Waals surface area contributed by atoms with Crippen LogP contribution < -0.4 is 5.32 Å². The molecule has 0 aliphatic heterocycles. The second kappa shape index (κ2) is 6.88. The fourth-order valence-corrected chi connectivity index (χ4v) is 2.17. The molecule has 0 spiro atoms. The summed E-state index contributed by atoms with van der Waals surface area (Å²) in [5.41, 5.74) is 1.75. The van der Waals surface area contributed by atoms with Crippen molar-refractivity contribution in [1.29, 1.82) is 5.26 Å². The molecule has 0 heterocycles. The van der Waals surface area contributed by atoms with E-state index in [9.17, 15) is 9.59 Å². The maximum Gasteiger partial charge on any atom is 0.249 e. The molecule has 1 N–H and O–H groups in total. The Balaban J connectivity index is 2.19. The number of anilines is 1. The molecule has 1 atom stereocenters. The van der Waals surface area contributed by atoms with E-state index in [0.717, 1.165) is 5.56 Å². The molecule has 0 saturated carbocycles. The van der Waals surface area contributed by atoms with E-state index in [1.54, 1.807) is 36.4 Å². The molecule has 5 heteroatoms. The van der Waals surface area contributed by atoms with Crippen molar-refractivity contribution in [2.75, 3.05) is 5.32 Å². The van der Waals surface area contributed by atoms with Gasteiger partial charge in [0.15, 0.2) is 11.7 Å². The van der Waals surface area contributed by atoms with E-state index in [1.165, 1.54) is 12.1 Å². The maximum atomic E-state index is 12.3. The van der Waals surface area contributed by atoms with Crippen molar-refractivity contribution in [1.82, 2.24) is 0 Å². The first-order valence-electron chi connectivity index (χ1n) is 6.58. The number of hydrogen-bond acceptors (Lipinski definition) is 3. The third-order valence-electron chi connectivity index (χ3n) is 3.05. The molecule has 0 bridgehead atoms. The lowest BCUT2D eigenvalue weighted by Crippen LogP contribution is -2.28. The summed E-state index contributed by atoms with van der Waals surface area (Å²) in [5.74, 6) is -2.65. The fourth-order valence-electron chi connectivity index (χ4n) is 1.98. The van der Waals surface area contributed by atoms with E-state index in [-0.39, 0.29) is 5.56 Å². The van der Waals surface area contributed by atoms with Gasteiger partial charge in [-0.2, -0.15) is 5.26 Å². The Morgan fingerprint density at radius 3 is 2.55 bits per heavy atom. The van der Waals surface area contributed by atoms with Gasteiger partial charge in [0, 0.05) is 16.3 Å². The van der Waals surface area contributed by atoms with Crippen molar-refractivity contribution in [3.8, 4) is 6.07 Å². The largest absolute Gasteiger partial charge is 0.325 e. The molecule has 0 unspecified atom stereocenters. The number of hydrogen-bond donors (Lipinski definition) is 1. The highest BCUT2D eigenvalue weighted by Gasteiger charge is 2.27. The smallest absolute Gasteiger partial charge is 0.249 e. The van der Waals surface area contributed by atoms with Crippen LogP contribution in [0.15, 0.2) is 48.5 Å².